The zero-order valence-corrected chi connectivity index (χ0v) is 20.6. The van der Waals surface area contributed by atoms with Gasteiger partial charge in [0, 0.05) is 36.9 Å². The van der Waals surface area contributed by atoms with Gasteiger partial charge < -0.3 is 9.64 Å². The van der Waals surface area contributed by atoms with Gasteiger partial charge in [0.1, 0.15) is 5.75 Å². The van der Waals surface area contributed by atoms with Crippen LogP contribution in [0.25, 0.3) is 16.4 Å². The molecule has 5 rings (SSSR count). The smallest absolute Gasteiger partial charge is 0.204 e. The lowest BCUT2D eigenvalue weighted by Crippen LogP contribution is -2.47. The Morgan fingerprint density at radius 3 is 2.58 bits per heavy atom. The molecule has 170 valence electrons. The first-order valence-corrected chi connectivity index (χ1v) is 12.4. The van der Waals surface area contributed by atoms with Crippen LogP contribution in [0.5, 0.6) is 5.75 Å². The molecule has 0 radical (unpaired) electrons. The van der Waals surface area contributed by atoms with Crippen LogP contribution < -0.4 is 9.64 Å². The number of aromatic nitrogens is 3. The Morgan fingerprint density at radius 2 is 1.85 bits per heavy atom. The highest BCUT2D eigenvalue weighted by Gasteiger charge is 2.22. The highest BCUT2D eigenvalue weighted by atomic mass is 35.5. The Morgan fingerprint density at radius 1 is 1.03 bits per heavy atom. The largest absolute Gasteiger partial charge is 0.495 e. The molecule has 6 nitrogen and oxygen atoms in total. The van der Waals surface area contributed by atoms with Crippen LogP contribution in [-0.2, 0) is 6.67 Å². The van der Waals surface area contributed by atoms with E-state index in [-0.39, 0.29) is 0 Å². The summed E-state index contributed by atoms with van der Waals surface area (Å²) in [5, 5.41) is 7.77. The van der Waals surface area contributed by atoms with Gasteiger partial charge in [-0.25, -0.2) is 4.68 Å². The number of hydrogen-bond donors (Lipinski definition) is 0. The van der Waals surface area contributed by atoms with E-state index in [2.05, 4.69) is 27.3 Å². The van der Waals surface area contributed by atoms with Gasteiger partial charge in [0.15, 0.2) is 5.82 Å². The zero-order chi connectivity index (χ0) is 22.8. The van der Waals surface area contributed by atoms with Gasteiger partial charge >= 0.3 is 0 Å². The van der Waals surface area contributed by atoms with Gasteiger partial charge in [-0.1, -0.05) is 35.9 Å². The molecular formula is C24H24ClN5OS2. The third-order valence-electron chi connectivity index (χ3n) is 5.79. The molecule has 1 aliphatic rings. The summed E-state index contributed by atoms with van der Waals surface area (Å²) in [5.74, 6) is 1.60. The SMILES string of the molecule is COc1ccccc1-n1c(-c2cccs2)nn(CN2CCN(c3cccc(Cl)c3)CC2)c1=S. The summed E-state index contributed by atoms with van der Waals surface area (Å²) < 4.78 is 10.2. The van der Waals surface area contributed by atoms with E-state index < -0.39 is 0 Å². The molecule has 0 aliphatic carbocycles. The Hall–Kier alpha value is -2.65. The standard InChI is InChI=1S/C24H24ClN5OS2/c1-31-21-9-3-2-8-20(21)30-23(22-10-5-15-33-22)26-29(24(30)32)17-27-11-13-28(14-12-27)19-7-4-6-18(25)16-19/h2-10,15-16H,11-14,17H2,1H3. The summed E-state index contributed by atoms with van der Waals surface area (Å²) in [4.78, 5) is 5.82. The molecule has 0 amide bonds. The molecule has 1 saturated heterocycles. The van der Waals surface area contributed by atoms with Crippen LogP contribution in [0.2, 0.25) is 5.02 Å². The number of halogens is 1. The van der Waals surface area contributed by atoms with E-state index in [9.17, 15) is 0 Å². The molecule has 0 atom stereocenters. The molecule has 0 N–H and O–H groups in total. The van der Waals surface area contributed by atoms with Gasteiger partial charge in [-0.05, 0) is 54.0 Å². The predicted molar refractivity (Wildman–Crippen MR) is 137 cm³/mol. The lowest BCUT2D eigenvalue weighted by molar-refractivity contribution is 0.194. The number of ether oxygens (including phenoxy) is 1. The van der Waals surface area contributed by atoms with Gasteiger partial charge in [-0.3, -0.25) is 9.47 Å². The molecule has 9 heteroatoms. The van der Waals surface area contributed by atoms with Crippen LogP contribution in [0, 0.1) is 4.77 Å². The highest BCUT2D eigenvalue weighted by Crippen LogP contribution is 2.31. The first kappa shape index (κ1) is 22.2. The lowest BCUT2D eigenvalue weighted by Gasteiger charge is -2.35. The summed E-state index contributed by atoms with van der Waals surface area (Å²) in [6.45, 7) is 4.34. The normalized spacial score (nSPS) is 14.5. The lowest BCUT2D eigenvalue weighted by atomic mass is 10.2. The second-order valence-corrected chi connectivity index (χ2v) is 9.57. The monoisotopic (exact) mass is 497 g/mol. The van der Waals surface area contributed by atoms with E-state index in [0.717, 1.165) is 53.3 Å². The molecular weight excluding hydrogens is 474 g/mol. The summed E-state index contributed by atoms with van der Waals surface area (Å²) in [5.41, 5.74) is 2.06. The van der Waals surface area contributed by atoms with Crippen LogP contribution >= 0.6 is 35.2 Å². The van der Waals surface area contributed by atoms with E-state index in [1.165, 1.54) is 5.69 Å². The third-order valence-corrected chi connectivity index (χ3v) is 7.28. The van der Waals surface area contributed by atoms with Gasteiger partial charge in [0.05, 0.1) is 24.3 Å². The minimum absolute atomic E-state index is 0.642. The van der Waals surface area contributed by atoms with Crippen LogP contribution in [0.4, 0.5) is 5.69 Å². The number of para-hydroxylation sites is 2. The molecule has 0 unspecified atom stereocenters. The second-order valence-electron chi connectivity index (χ2n) is 7.82. The number of methoxy groups -OCH3 is 1. The van der Waals surface area contributed by atoms with Crippen molar-refractivity contribution in [1.29, 1.82) is 0 Å². The maximum Gasteiger partial charge on any atom is 0.204 e. The first-order valence-electron chi connectivity index (χ1n) is 10.7. The molecule has 1 fully saturated rings. The first-order chi connectivity index (χ1) is 16.1. The van der Waals surface area contributed by atoms with Gasteiger partial charge in [-0.2, -0.15) is 0 Å². The van der Waals surface area contributed by atoms with Crippen molar-refractivity contribution in [2.24, 2.45) is 0 Å². The average molecular weight is 498 g/mol. The minimum Gasteiger partial charge on any atom is -0.495 e. The number of anilines is 1. The fourth-order valence-corrected chi connectivity index (χ4v) is 5.27. The van der Waals surface area contributed by atoms with E-state index >= 15 is 0 Å². The fourth-order valence-electron chi connectivity index (χ4n) is 4.11. The topological polar surface area (TPSA) is 38.5 Å². The molecule has 33 heavy (non-hydrogen) atoms. The molecule has 3 heterocycles. The van der Waals surface area contributed by atoms with E-state index in [1.807, 2.05) is 57.8 Å². The van der Waals surface area contributed by atoms with Crippen LogP contribution in [0.15, 0.2) is 66.0 Å². The number of hydrogen-bond acceptors (Lipinski definition) is 6. The minimum atomic E-state index is 0.642. The second kappa shape index (κ2) is 9.69. The third kappa shape index (κ3) is 4.56. The molecule has 4 aromatic rings. The predicted octanol–water partition coefficient (Wildman–Crippen LogP) is 5.57. The van der Waals surface area contributed by atoms with Crippen LogP contribution in [-0.4, -0.2) is 52.5 Å². The van der Waals surface area contributed by atoms with Crippen molar-refractivity contribution in [1.82, 2.24) is 19.2 Å². The summed E-state index contributed by atoms with van der Waals surface area (Å²) in [6.07, 6.45) is 0. The zero-order valence-electron chi connectivity index (χ0n) is 18.2. The van der Waals surface area contributed by atoms with Crippen LogP contribution in [0.3, 0.4) is 0 Å². The maximum atomic E-state index is 6.18. The van der Waals surface area contributed by atoms with E-state index in [1.54, 1.807) is 18.4 Å². The van der Waals surface area contributed by atoms with Crippen molar-refractivity contribution in [3.63, 3.8) is 0 Å². The van der Waals surface area contributed by atoms with Gasteiger partial charge in [0.25, 0.3) is 0 Å². The Kier molecular flexibility index (Phi) is 6.50. The fraction of sp³-hybridized carbons (Fsp3) is 0.250. The van der Waals surface area contributed by atoms with E-state index in [0.29, 0.717) is 11.4 Å². The molecule has 0 saturated carbocycles. The number of nitrogens with zero attached hydrogens (tertiary/aromatic N) is 5. The average Bonchev–Trinajstić information content (AvgIpc) is 3.48. The van der Waals surface area contributed by atoms with Crippen LogP contribution in [0.1, 0.15) is 0 Å². The van der Waals surface area contributed by atoms with Gasteiger partial charge in [0.2, 0.25) is 4.77 Å². The van der Waals surface area contributed by atoms with Crippen molar-refractivity contribution < 1.29 is 4.74 Å². The maximum absolute atomic E-state index is 6.18. The Bertz CT molecular complexity index is 1290. The molecule has 0 spiro atoms. The van der Waals surface area contributed by atoms with E-state index in [4.69, 9.17) is 33.7 Å². The number of thiophene rings is 1. The number of benzene rings is 2. The molecule has 1 aliphatic heterocycles. The molecule has 0 bridgehead atoms. The molecule has 2 aromatic heterocycles. The van der Waals surface area contributed by atoms with Crippen molar-refractivity contribution in [2.45, 2.75) is 6.67 Å². The molecule has 2 aromatic carbocycles. The van der Waals surface area contributed by atoms with Gasteiger partial charge in [-0.15, -0.1) is 16.4 Å². The van der Waals surface area contributed by atoms with Crippen molar-refractivity contribution in [3.8, 4) is 22.1 Å². The quantitative estimate of drug-likeness (QED) is 0.325. The van der Waals surface area contributed by atoms with Crippen molar-refractivity contribution in [2.75, 3.05) is 38.2 Å². The number of rotatable bonds is 6. The number of piperazine rings is 1. The summed E-state index contributed by atoms with van der Waals surface area (Å²) >= 11 is 13.7. The Balaban J connectivity index is 1.41. The van der Waals surface area contributed by atoms with Crippen molar-refractivity contribution >= 4 is 40.8 Å². The van der Waals surface area contributed by atoms with Crippen molar-refractivity contribution in [3.05, 3.63) is 75.8 Å². The Labute approximate surface area is 207 Å². The summed E-state index contributed by atoms with van der Waals surface area (Å²) in [6, 6.07) is 20.1. The highest BCUT2D eigenvalue weighted by molar-refractivity contribution is 7.71. The summed E-state index contributed by atoms with van der Waals surface area (Å²) in [7, 11) is 1.68.